The molecule has 2 unspecified atom stereocenters. The lowest BCUT2D eigenvalue weighted by molar-refractivity contribution is -0.0201. The van der Waals surface area contributed by atoms with Crippen LogP contribution >= 0.6 is 0 Å². The van der Waals surface area contributed by atoms with E-state index in [0.29, 0.717) is 25.5 Å². The summed E-state index contributed by atoms with van der Waals surface area (Å²) in [5.74, 6) is 1.19. The van der Waals surface area contributed by atoms with Crippen LogP contribution in [0, 0.1) is 5.92 Å². The van der Waals surface area contributed by atoms with Gasteiger partial charge in [-0.1, -0.05) is 6.42 Å². The van der Waals surface area contributed by atoms with Crippen LogP contribution in [0.15, 0.2) is 4.99 Å². The minimum Gasteiger partial charge on any atom is -0.385 e. The second kappa shape index (κ2) is 5.23. The fraction of sp³-hybridized carbons (Fsp3) is 0.917. The van der Waals surface area contributed by atoms with E-state index >= 15 is 0 Å². The van der Waals surface area contributed by atoms with Gasteiger partial charge in [0.25, 0.3) is 0 Å². The molecule has 1 heterocycles. The van der Waals surface area contributed by atoms with E-state index in [0.717, 1.165) is 12.5 Å². The topological polar surface area (TPSA) is 79.9 Å². The average molecular weight is 241 g/mol. The smallest absolute Gasteiger partial charge is 0.188 e. The van der Waals surface area contributed by atoms with E-state index in [1.165, 1.54) is 19.3 Å². The molecule has 0 radical (unpaired) electrons. The Kier molecular flexibility index (Phi) is 3.89. The molecule has 2 atom stereocenters. The molecule has 2 fully saturated rings. The molecule has 1 saturated carbocycles. The number of nitrogens with two attached hydrogens (primary N) is 1. The van der Waals surface area contributed by atoms with Crippen LogP contribution in [0.4, 0.5) is 0 Å². The third kappa shape index (κ3) is 3.10. The second-order valence-corrected chi connectivity index (χ2v) is 5.25. The molecule has 0 aromatic carbocycles. The Morgan fingerprint density at radius 1 is 1.59 bits per heavy atom. The van der Waals surface area contributed by atoms with E-state index in [-0.39, 0.29) is 6.10 Å². The zero-order valence-corrected chi connectivity index (χ0v) is 10.5. The van der Waals surface area contributed by atoms with E-state index in [1.807, 2.05) is 6.92 Å². The lowest BCUT2D eigenvalue weighted by Crippen LogP contribution is -2.42. The SMILES string of the molecule is CC1OCCC1(O)CN=C(N)NCC1CCC1. The number of hydrogen-bond acceptors (Lipinski definition) is 3. The van der Waals surface area contributed by atoms with Crippen molar-refractivity contribution in [3.63, 3.8) is 0 Å². The van der Waals surface area contributed by atoms with Crippen molar-refractivity contribution in [1.29, 1.82) is 0 Å². The maximum Gasteiger partial charge on any atom is 0.188 e. The van der Waals surface area contributed by atoms with Gasteiger partial charge >= 0.3 is 0 Å². The maximum absolute atomic E-state index is 10.2. The largest absolute Gasteiger partial charge is 0.385 e. The van der Waals surface area contributed by atoms with Crippen LogP contribution in [-0.4, -0.2) is 42.5 Å². The Labute approximate surface area is 102 Å². The number of aliphatic imine (C=N–C) groups is 1. The molecule has 17 heavy (non-hydrogen) atoms. The van der Waals surface area contributed by atoms with Gasteiger partial charge in [-0.3, -0.25) is 4.99 Å². The van der Waals surface area contributed by atoms with Crippen LogP contribution in [0.3, 0.4) is 0 Å². The predicted molar refractivity (Wildman–Crippen MR) is 66.8 cm³/mol. The monoisotopic (exact) mass is 241 g/mol. The van der Waals surface area contributed by atoms with Crippen molar-refractivity contribution < 1.29 is 9.84 Å². The lowest BCUT2D eigenvalue weighted by atomic mass is 9.85. The zero-order chi connectivity index (χ0) is 12.3. The summed E-state index contributed by atoms with van der Waals surface area (Å²) in [6, 6.07) is 0. The second-order valence-electron chi connectivity index (χ2n) is 5.25. The first-order chi connectivity index (χ1) is 8.10. The van der Waals surface area contributed by atoms with Gasteiger partial charge in [-0.25, -0.2) is 0 Å². The standard InChI is InChI=1S/C12H23N3O2/c1-9-12(16,5-6-17-9)8-15-11(13)14-7-10-3-2-4-10/h9-10,16H,2-8H2,1H3,(H3,13,14,15). The van der Waals surface area contributed by atoms with E-state index in [1.54, 1.807) is 0 Å². The van der Waals surface area contributed by atoms with Gasteiger partial charge in [-0.15, -0.1) is 0 Å². The quantitative estimate of drug-likeness (QED) is 0.486. The van der Waals surface area contributed by atoms with Gasteiger partial charge in [0.15, 0.2) is 5.96 Å². The molecular weight excluding hydrogens is 218 g/mol. The molecule has 0 aromatic rings. The molecule has 0 spiro atoms. The maximum atomic E-state index is 10.2. The van der Waals surface area contributed by atoms with E-state index in [4.69, 9.17) is 10.5 Å². The molecule has 2 rings (SSSR count). The third-order valence-corrected chi connectivity index (χ3v) is 3.98. The number of hydrogen-bond donors (Lipinski definition) is 3. The highest BCUT2D eigenvalue weighted by Crippen LogP contribution is 2.26. The summed E-state index contributed by atoms with van der Waals surface area (Å²) in [5, 5.41) is 13.3. The molecule has 1 saturated heterocycles. The van der Waals surface area contributed by atoms with Crippen LogP contribution in [-0.2, 0) is 4.74 Å². The van der Waals surface area contributed by atoms with Crippen molar-refractivity contribution >= 4 is 5.96 Å². The Morgan fingerprint density at radius 2 is 2.35 bits per heavy atom. The Bertz CT molecular complexity index is 291. The number of aliphatic hydroxyl groups is 1. The first-order valence-electron chi connectivity index (χ1n) is 6.48. The summed E-state index contributed by atoms with van der Waals surface area (Å²) in [6.45, 7) is 3.70. The molecule has 5 heteroatoms. The zero-order valence-electron chi connectivity index (χ0n) is 10.5. The molecule has 0 aromatic heterocycles. The molecule has 2 aliphatic rings. The Hall–Kier alpha value is -0.810. The number of nitrogens with zero attached hydrogens (tertiary/aromatic N) is 1. The predicted octanol–water partition coefficient (Wildman–Crippen LogP) is 0.231. The fourth-order valence-corrected chi connectivity index (χ4v) is 2.20. The number of guanidine groups is 1. The van der Waals surface area contributed by atoms with Crippen molar-refractivity contribution in [3.8, 4) is 0 Å². The van der Waals surface area contributed by atoms with Gasteiger partial charge in [0.1, 0.15) is 5.60 Å². The molecule has 0 bridgehead atoms. The lowest BCUT2D eigenvalue weighted by Gasteiger charge is -2.26. The first-order valence-corrected chi connectivity index (χ1v) is 6.48. The van der Waals surface area contributed by atoms with E-state index < -0.39 is 5.60 Å². The highest BCUT2D eigenvalue weighted by atomic mass is 16.5. The van der Waals surface area contributed by atoms with Gasteiger partial charge in [0, 0.05) is 19.6 Å². The Balaban J connectivity index is 1.74. The molecule has 4 N–H and O–H groups in total. The van der Waals surface area contributed by atoms with Crippen LogP contribution in [0.5, 0.6) is 0 Å². The van der Waals surface area contributed by atoms with Crippen LogP contribution in [0.25, 0.3) is 0 Å². The van der Waals surface area contributed by atoms with Crippen LogP contribution in [0.1, 0.15) is 32.6 Å². The van der Waals surface area contributed by atoms with E-state index in [2.05, 4.69) is 10.3 Å². The third-order valence-electron chi connectivity index (χ3n) is 3.98. The summed E-state index contributed by atoms with van der Waals surface area (Å²) in [7, 11) is 0. The van der Waals surface area contributed by atoms with Crippen molar-refractivity contribution in [1.82, 2.24) is 5.32 Å². The van der Waals surface area contributed by atoms with Crippen LogP contribution in [0.2, 0.25) is 0 Å². The minimum atomic E-state index is -0.844. The Morgan fingerprint density at radius 3 is 2.88 bits per heavy atom. The summed E-state index contributed by atoms with van der Waals surface area (Å²) in [5.41, 5.74) is 4.93. The van der Waals surface area contributed by atoms with Gasteiger partial charge in [-0.2, -0.15) is 0 Å². The first kappa shape index (κ1) is 12.6. The summed E-state index contributed by atoms with van der Waals surface area (Å²) < 4.78 is 5.34. The number of nitrogens with one attached hydrogen (secondary N) is 1. The van der Waals surface area contributed by atoms with Crippen molar-refractivity contribution in [2.75, 3.05) is 19.7 Å². The molecular formula is C12H23N3O2. The summed E-state index contributed by atoms with van der Waals surface area (Å²) in [4.78, 5) is 4.21. The summed E-state index contributed by atoms with van der Waals surface area (Å²) >= 11 is 0. The van der Waals surface area contributed by atoms with Crippen molar-refractivity contribution in [2.45, 2.75) is 44.3 Å². The van der Waals surface area contributed by atoms with Crippen molar-refractivity contribution in [2.24, 2.45) is 16.6 Å². The van der Waals surface area contributed by atoms with Crippen LogP contribution < -0.4 is 11.1 Å². The van der Waals surface area contributed by atoms with Gasteiger partial charge in [0.2, 0.25) is 0 Å². The number of rotatable bonds is 4. The molecule has 98 valence electrons. The average Bonchev–Trinajstić information content (AvgIpc) is 2.55. The van der Waals surface area contributed by atoms with Gasteiger partial charge in [0.05, 0.1) is 12.6 Å². The van der Waals surface area contributed by atoms with Crippen molar-refractivity contribution in [3.05, 3.63) is 0 Å². The highest BCUT2D eigenvalue weighted by Gasteiger charge is 2.39. The van der Waals surface area contributed by atoms with Gasteiger partial charge in [-0.05, 0) is 25.7 Å². The molecule has 0 amide bonds. The fourth-order valence-electron chi connectivity index (χ4n) is 2.20. The highest BCUT2D eigenvalue weighted by molar-refractivity contribution is 5.77. The minimum absolute atomic E-state index is 0.161. The summed E-state index contributed by atoms with van der Waals surface area (Å²) in [6.07, 6.45) is 4.38. The molecule has 5 nitrogen and oxygen atoms in total. The number of ether oxygens (including phenoxy) is 1. The molecule has 1 aliphatic heterocycles. The molecule has 1 aliphatic carbocycles. The normalized spacial score (nSPS) is 34.7. The van der Waals surface area contributed by atoms with E-state index in [9.17, 15) is 5.11 Å². The van der Waals surface area contributed by atoms with Gasteiger partial charge < -0.3 is 20.9 Å².